The van der Waals surface area contributed by atoms with Gasteiger partial charge in [-0.1, -0.05) is 41.0 Å². The quantitative estimate of drug-likeness (QED) is 0.688. The molecule has 1 N–H and O–H groups in total. The first kappa shape index (κ1) is 14.4. The molecule has 19 heavy (non-hydrogen) atoms. The highest BCUT2D eigenvalue weighted by Gasteiger charge is 2.05. The molecule has 6 heteroatoms. The van der Waals surface area contributed by atoms with E-state index in [-0.39, 0.29) is 5.56 Å². The summed E-state index contributed by atoms with van der Waals surface area (Å²) in [6.07, 6.45) is 0. The molecule has 0 aliphatic rings. The molecule has 0 amide bonds. The van der Waals surface area contributed by atoms with Gasteiger partial charge in [-0.15, -0.1) is 0 Å². The molecule has 1 aromatic carbocycles. The van der Waals surface area contributed by atoms with Gasteiger partial charge < -0.3 is 4.98 Å². The lowest BCUT2D eigenvalue weighted by molar-refractivity contribution is 0.883. The van der Waals surface area contributed by atoms with E-state index in [9.17, 15) is 4.79 Å². The van der Waals surface area contributed by atoms with Gasteiger partial charge in [-0.2, -0.15) is 0 Å². The summed E-state index contributed by atoms with van der Waals surface area (Å²) in [6.45, 7) is 3.59. The maximum absolute atomic E-state index is 11.6. The SMILES string of the molecule is Cc1nc(SCc2ccc(Cl)c(Cl)c2)[nH]c(=O)c1C. The van der Waals surface area contributed by atoms with Crippen molar-refractivity contribution >= 4 is 35.0 Å². The lowest BCUT2D eigenvalue weighted by Gasteiger charge is -2.05. The Labute approximate surface area is 125 Å². The topological polar surface area (TPSA) is 45.8 Å². The smallest absolute Gasteiger partial charge is 0.254 e. The molecule has 0 atom stereocenters. The summed E-state index contributed by atoms with van der Waals surface area (Å²) in [6, 6.07) is 5.48. The molecule has 0 unspecified atom stereocenters. The molecule has 0 aliphatic carbocycles. The van der Waals surface area contributed by atoms with Crippen molar-refractivity contribution in [3.05, 3.63) is 55.4 Å². The minimum absolute atomic E-state index is 0.0934. The number of hydrogen-bond acceptors (Lipinski definition) is 3. The summed E-state index contributed by atoms with van der Waals surface area (Å²) in [7, 11) is 0. The zero-order valence-corrected chi connectivity index (χ0v) is 12.8. The number of rotatable bonds is 3. The normalized spacial score (nSPS) is 10.7. The Kier molecular flexibility index (Phi) is 4.55. The molecule has 2 rings (SSSR count). The highest BCUT2D eigenvalue weighted by atomic mass is 35.5. The Hall–Kier alpha value is -0.970. The van der Waals surface area contributed by atoms with Crippen LogP contribution in [0.25, 0.3) is 0 Å². The van der Waals surface area contributed by atoms with E-state index >= 15 is 0 Å². The highest BCUT2D eigenvalue weighted by molar-refractivity contribution is 7.98. The molecular formula is C13H12Cl2N2OS. The van der Waals surface area contributed by atoms with Crippen molar-refractivity contribution in [2.75, 3.05) is 0 Å². The number of nitrogens with zero attached hydrogens (tertiary/aromatic N) is 1. The van der Waals surface area contributed by atoms with E-state index in [1.54, 1.807) is 13.0 Å². The van der Waals surface area contributed by atoms with E-state index < -0.39 is 0 Å². The van der Waals surface area contributed by atoms with E-state index in [1.165, 1.54) is 11.8 Å². The average Bonchev–Trinajstić information content (AvgIpc) is 2.37. The van der Waals surface area contributed by atoms with Crippen LogP contribution in [0.4, 0.5) is 0 Å². The molecule has 1 heterocycles. The van der Waals surface area contributed by atoms with Crippen LogP contribution in [0.1, 0.15) is 16.8 Å². The van der Waals surface area contributed by atoms with Crippen LogP contribution < -0.4 is 5.56 Å². The van der Waals surface area contributed by atoms with E-state index in [0.29, 0.717) is 26.5 Å². The Balaban J connectivity index is 2.14. The van der Waals surface area contributed by atoms with Crippen LogP contribution in [0.2, 0.25) is 10.0 Å². The minimum atomic E-state index is -0.0934. The third-order valence-electron chi connectivity index (χ3n) is 2.73. The molecule has 0 aliphatic heterocycles. The van der Waals surface area contributed by atoms with Gasteiger partial charge in [-0.3, -0.25) is 4.79 Å². The molecule has 2 aromatic rings. The van der Waals surface area contributed by atoms with Crippen molar-refractivity contribution in [1.29, 1.82) is 0 Å². The number of hydrogen-bond donors (Lipinski definition) is 1. The van der Waals surface area contributed by atoms with Gasteiger partial charge in [0.2, 0.25) is 0 Å². The van der Waals surface area contributed by atoms with Crippen molar-refractivity contribution in [2.45, 2.75) is 24.8 Å². The molecule has 0 saturated carbocycles. The monoisotopic (exact) mass is 314 g/mol. The molecule has 0 saturated heterocycles. The van der Waals surface area contributed by atoms with Gasteiger partial charge in [0.15, 0.2) is 5.16 Å². The van der Waals surface area contributed by atoms with Gasteiger partial charge in [0.05, 0.1) is 10.0 Å². The molecule has 1 aromatic heterocycles. The van der Waals surface area contributed by atoms with Crippen LogP contribution in [-0.2, 0) is 5.75 Å². The van der Waals surface area contributed by atoms with Crippen LogP contribution in [0.3, 0.4) is 0 Å². The summed E-state index contributed by atoms with van der Waals surface area (Å²) in [4.78, 5) is 18.7. The number of aromatic amines is 1. The first-order valence-corrected chi connectivity index (χ1v) is 7.36. The second-order valence-corrected chi connectivity index (χ2v) is 5.90. The molecular weight excluding hydrogens is 303 g/mol. The van der Waals surface area contributed by atoms with Gasteiger partial charge in [-0.05, 0) is 31.5 Å². The summed E-state index contributed by atoms with van der Waals surface area (Å²) >= 11 is 13.3. The van der Waals surface area contributed by atoms with Gasteiger partial charge in [0.25, 0.3) is 5.56 Å². The number of thioether (sulfide) groups is 1. The third kappa shape index (κ3) is 3.53. The van der Waals surface area contributed by atoms with Crippen molar-refractivity contribution in [3.8, 4) is 0 Å². The van der Waals surface area contributed by atoms with Crippen molar-refractivity contribution in [1.82, 2.24) is 9.97 Å². The fourth-order valence-electron chi connectivity index (χ4n) is 1.47. The lowest BCUT2D eigenvalue weighted by Crippen LogP contribution is -2.13. The zero-order chi connectivity index (χ0) is 14.0. The number of aryl methyl sites for hydroxylation is 1. The first-order chi connectivity index (χ1) is 8.97. The van der Waals surface area contributed by atoms with Gasteiger partial charge in [0.1, 0.15) is 0 Å². The largest absolute Gasteiger partial charge is 0.301 e. The molecule has 0 bridgehead atoms. The molecule has 100 valence electrons. The first-order valence-electron chi connectivity index (χ1n) is 5.61. The Morgan fingerprint density at radius 1 is 1.26 bits per heavy atom. The van der Waals surface area contributed by atoms with Crippen molar-refractivity contribution < 1.29 is 0 Å². The molecule has 0 spiro atoms. The standard InChI is InChI=1S/C13H12Cl2N2OS/c1-7-8(2)16-13(17-12(7)18)19-6-9-3-4-10(14)11(15)5-9/h3-5H,6H2,1-2H3,(H,16,17,18). The molecule has 3 nitrogen and oxygen atoms in total. The maximum atomic E-state index is 11.6. The van der Waals surface area contributed by atoms with E-state index in [4.69, 9.17) is 23.2 Å². The maximum Gasteiger partial charge on any atom is 0.254 e. The fourth-order valence-corrected chi connectivity index (χ4v) is 2.64. The molecule has 0 radical (unpaired) electrons. The predicted octanol–water partition coefficient (Wildman–Crippen LogP) is 3.99. The highest BCUT2D eigenvalue weighted by Crippen LogP contribution is 2.26. The van der Waals surface area contributed by atoms with Gasteiger partial charge in [0, 0.05) is 17.0 Å². The minimum Gasteiger partial charge on any atom is -0.301 e. The summed E-state index contributed by atoms with van der Waals surface area (Å²) in [5, 5.41) is 1.67. The van der Waals surface area contributed by atoms with Crippen LogP contribution in [0.5, 0.6) is 0 Å². The fraction of sp³-hybridized carbons (Fsp3) is 0.231. The number of halogens is 2. The van der Waals surface area contributed by atoms with Crippen molar-refractivity contribution in [2.24, 2.45) is 0 Å². The second kappa shape index (κ2) is 5.99. The second-order valence-electron chi connectivity index (χ2n) is 4.12. The Morgan fingerprint density at radius 2 is 2.00 bits per heavy atom. The van der Waals surface area contributed by atoms with E-state index in [1.807, 2.05) is 19.1 Å². The predicted molar refractivity (Wildman–Crippen MR) is 80.4 cm³/mol. The summed E-state index contributed by atoms with van der Waals surface area (Å²) in [5.74, 6) is 0.669. The Morgan fingerprint density at radius 3 is 2.63 bits per heavy atom. The van der Waals surface area contributed by atoms with Crippen LogP contribution in [0.15, 0.2) is 28.2 Å². The zero-order valence-electron chi connectivity index (χ0n) is 10.5. The third-order valence-corrected chi connectivity index (χ3v) is 4.42. The average molecular weight is 315 g/mol. The summed E-state index contributed by atoms with van der Waals surface area (Å²) < 4.78 is 0. The van der Waals surface area contributed by atoms with Gasteiger partial charge >= 0.3 is 0 Å². The number of aromatic nitrogens is 2. The Bertz CT molecular complexity index is 670. The number of benzene rings is 1. The number of nitrogens with one attached hydrogen (secondary N) is 1. The lowest BCUT2D eigenvalue weighted by atomic mass is 10.2. The van der Waals surface area contributed by atoms with Crippen LogP contribution in [0, 0.1) is 13.8 Å². The van der Waals surface area contributed by atoms with E-state index in [0.717, 1.165) is 11.3 Å². The summed E-state index contributed by atoms with van der Waals surface area (Å²) in [5.41, 5.74) is 2.34. The van der Waals surface area contributed by atoms with Crippen LogP contribution in [-0.4, -0.2) is 9.97 Å². The molecule has 0 fully saturated rings. The van der Waals surface area contributed by atoms with E-state index in [2.05, 4.69) is 9.97 Å². The number of H-pyrrole nitrogens is 1. The van der Waals surface area contributed by atoms with Crippen LogP contribution >= 0.6 is 35.0 Å². The van der Waals surface area contributed by atoms with Gasteiger partial charge in [-0.25, -0.2) is 4.98 Å². The van der Waals surface area contributed by atoms with Crippen molar-refractivity contribution in [3.63, 3.8) is 0 Å².